The van der Waals surface area contributed by atoms with Crippen LogP contribution < -0.4 is 0 Å². The molecule has 0 fully saturated rings. The monoisotopic (exact) mass is 214 g/mol. The van der Waals surface area contributed by atoms with E-state index in [-0.39, 0.29) is 6.61 Å². The quantitative estimate of drug-likeness (QED) is 0.703. The van der Waals surface area contributed by atoms with Gasteiger partial charge < -0.3 is 0 Å². The zero-order valence-electron chi connectivity index (χ0n) is 7.56. The first-order chi connectivity index (χ1) is 6.84. The average molecular weight is 214 g/mol. The van der Waals surface area contributed by atoms with Crippen LogP contribution in [0.3, 0.4) is 0 Å². The Morgan fingerprint density at radius 3 is 2.64 bits per heavy atom. The Morgan fingerprint density at radius 2 is 2.00 bits per heavy atom. The number of benzene rings is 1. The molecule has 0 amide bonds. The summed E-state index contributed by atoms with van der Waals surface area (Å²) in [4.78, 5) is 0.612. The maximum absolute atomic E-state index is 11.6. The number of allylic oxidation sites excluding steroid dienone is 1. The molecule has 0 aliphatic carbocycles. The van der Waals surface area contributed by atoms with Crippen LogP contribution in [0.25, 0.3) is 0 Å². The summed E-state index contributed by atoms with van der Waals surface area (Å²) in [6.07, 6.45) is 2.82. The van der Waals surface area contributed by atoms with Gasteiger partial charge >= 0.3 is 0 Å². The van der Waals surface area contributed by atoms with Gasteiger partial charge in [0.05, 0.1) is 11.5 Å². The van der Waals surface area contributed by atoms with Crippen molar-refractivity contribution in [2.45, 2.75) is 4.90 Å². The average Bonchev–Trinajstić information content (AvgIpc) is 2.25. The third-order valence-electron chi connectivity index (χ3n) is 1.46. The van der Waals surface area contributed by atoms with E-state index in [1.54, 1.807) is 24.3 Å². The van der Waals surface area contributed by atoms with Crippen molar-refractivity contribution in [3.63, 3.8) is 0 Å². The lowest BCUT2D eigenvalue weighted by molar-refractivity contribution is 0.393. The van der Waals surface area contributed by atoms with Crippen LogP contribution in [0.2, 0.25) is 0 Å². The molecule has 0 aromatic heterocycles. The van der Waals surface area contributed by atoms with E-state index in [0.717, 1.165) is 0 Å². The molecule has 2 nitrogen and oxygen atoms in total. The maximum atomic E-state index is 11.6. The molecule has 1 rings (SSSR count). The highest BCUT2D eigenvalue weighted by molar-refractivity contribution is 7.80. The van der Waals surface area contributed by atoms with Crippen LogP contribution in [0.5, 0.6) is 0 Å². The molecule has 0 aliphatic heterocycles. The number of hydrogen-bond acceptors (Lipinski definition) is 2. The molecule has 0 saturated heterocycles. The third kappa shape index (κ3) is 3.81. The molecule has 0 bridgehead atoms. The molecule has 76 valence electrons. The van der Waals surface area contributed by atoms with Gasteiger partial charge in [-0.15, -0.1) is 0 Å². The molecule has 0 N–H and O–H groups in total. The molecule has 0 heterocycles. The number of halogens is 1. The summed E-state index contributed by atoms with van der Waals surface area (Å²) >= 11 is -1.46. The first kappa shape index (κ1) is 11.1. The van der Waals surface area contributed by atoms with E-state index in [1.165, 1.54) is 12.2 Å². The van der Waals surface area contributed by atoms with Crippen LogP contribution in [-0.4, -0.2) is 17.5 Å². The molecular weight excluding hydrogens is 203 g/mol. The predicted octanol–water partition coefficient (Wildman–Crippen LogP) is 2.25. The summed E-state index contributed by atoms with van der Waals surface area (Å²) in [6, 6.07) is 8.84. The van der Waals surface area contributed by atoms with E-state index in [0.29, 0.717) is 4.90 Å². The Bertz CT molecular complexity index is 311. The molecule has 0 spiro atoms. The zero-order valence-corrected chi connectivity index (χ0v) is 8.37. The molecule has 14 heavy (non-hydrogen) atoms. The topological polar surface area (TPSA) is 26.3 Å². The van der Waals surface area contributed by atoms with Gasteiger partial charge in [0.2, 0.25) is 0 Å². The largest absolute Gasteiger partial charge is 0.283 e. The fraction of sp³-hybridized carbons (Fsp3) is 0.200. The van der Waals surface area contributed by atoms with Crippen LogP contribution in [0.15, 0.2) is 47.4 Å². The van der Waals surface area contributed by atoms with Crippen LogP contribution in [-0.2, 0) is 15.3 Å². The summed E-state index contributed by atoms with van der Waals surface area (Å²) in [5.41, 5.74) is 0. The second-order valence-corrected chi connectivity index (χ2v) is 3.63. The van der Waals surface area contributed by atoms with E-state index < -0.39 is 17.8 Å². The Labute approximate surface area is 85.1 Å². The first-order valence-corrected chi connectivity index (χ1v) is 5.23. The van der Waals surface area contributed by atoms with Crippen molar-refractivity contribution < 1.29 is 12.8 Å². The zero-order chi connectivity index (χ0) is 10.2. The van der Waals surface area contributed by atoms with Gasteiger partial charge in [-0.1, -0.05) is 30.4 Å². The van der Waals surface area contributed by atoms with Crippen molar-refractivity contribution in [2.24, 2.45) is 0 Å². The lowest BCUT2D eigenvalue weighted by Crippen LogP contribution is -1.97. The third-order valence-corrected chi connectivity index (χ3v) is 2.47. The van der Waals surface area contributed by atoms with Crippen LogP contribution in [0.1, 0.15) is 0 Å². The van der Waals surface area contributed by atoms with Gasteiger partial charge in [-0.3, -0.25) is 4.18 Å². The minimum absolute atomic E-state index is 0.158. The number of rotatable bonds is 5. The Morgan fingerprint density at radius 1 is 1.29 bits per heavy atom. The highest BCUT2D eigenvalue weighted by Gasteiger charge is 2.00. The van der Waals surface area contributed by atoms with Gasteiger partial charge in [0.15, 0.2) is 11.1 Å². The number of hydrogen-bond donors (Lipinski definition) is 0. The highest BCUT2D eigenvalue weighted by Crippen LogP contribution is 2.06. The lowest BCUT2D eigenvalue weighted by atomic mass is 10.4. The minimum Gasteiger partial charge on any atom is -0.283 e. The van der Waals surface area contributed by atoms with Crippen molar-refractivity contribution >= 4 is 11.1 Å². The van der Waals surface area contributed by atoms with Gasteiger partial charge in [-0.2, -0.15) is 0 Å². The summed E-state index contributed by atoms with van der Waals surface area (Å²) in [7, 11) is 0. The van der Waals surface area contributed by atoms with E-state index in [4.69, 9.17) is 4.18 Å². The summed E-state index contributed by atoms with van der Waals surface area (Å²) in [6.45, 7) is -0.368. The van der Waals surface area contributed by atoms with Crippen molar-refractivity contribution in [1.29, 1.82) is 0 Å². The normalized spacial score (nSPS) is 13.2. The summed E-state index contributed by atoms with van der Waals surface area (Å²) in [5, 5.41) is 0. The molecular formula is C10H11FO2S. The second-order valence-electron chi connectivity index (χ2n) is 2.46. The SMILES string of the molecule is O=S(OCC=CCF)c1ccccc1. The van der Waals surface area contributed by atoms with E-state index in [1.807, 2.05) is 6.07 Å². The molecule has 0 saturated carbocycles. The van der Waals surface area contributed by atoms with Gasteiger partial charge in [0.1, 0.15) is 6.67 Å². The van der Waals surface area contributed by atoms with Crippen molar-refractivity contribution in [3.8, 4) is 0 Å². The van der Waals surface area contributed by atoms with E-state index in [9.17, 15) is 8.60 Å². The number of alkyl halides is 1. The van der Waals surface area contributed by atoms with Gasteiger partial charge in [0.25, 0.3) is 0 Å². The Balaban J connectivity index is 2.40. The van der Waals surface area contributed by atoms with E-state index in [2.05, 4.69) is 0 Å². The fourth-order valence-corrected chi connectivity index (χ4v) is 1.55. The van der Waals surface area contributed by atoms with Crippen molar-refractivity contribution in [3.05, 3.63) is 42.5 Å². The molecule has 0 aliphatic rings. The van der Waals surface area contributed by atoms with Crippen LogP contribution in [0, 0.1) is 0 Å². The maximum Gasteiger partial charge on any atom is 0.189 e. The standard InChI is InChI=1S/C10H11FO2S/c11-8-4-5-9-13-14(12)10-6-2-1-3-7-10/h1-7H,8-9H2. The van der Waals surface area contributed by atoms with Crippen molar-refractivity contribution in [2.75, 3.05) is 13.3 Å². The fourth-order valence-electron chi connectivity index (χ4n) is 0.832. The van der Waals surface area contributed by atoms with Crippen molar-refractivity contribution in [1.82, 2.24) is 0 Å². The lowest BCUT2D eigenvalue weighted by Gasteiger charge is -1.99. The van der Waals surface area contributed by atoms with Crippen LogP contribution in [0.4, 0.5) is 4.39 Å². The second kappa shape index (κ2) is 6.45. The molecule has 1 aromatic rings. The molecule has 4 heteroatoms. The Hall–Kier alpha value is -1.00. The Kier molecular flexibility index (Phi) is 5.11. The minimum atomic E-state index is -1.46. The van der Waals surface area contributed by atoms with Gasteiger partial charge in [-0.05, 0) is 12.1 Å². The molecule has 1 atom stereocenters. The first-order valence-electron chi connectivity index (χ1n) is 4.15. The highest BCUT2D eigenvalue weighted by atomic mass is 32.2. The molecule has 0 radical (unpaired) electrons. The molecule has 1 aromatic carbocycles. The van der Waals surface area contributed by atoms with E-state index >= 15 is 0 Å². The van der Waals surface area contributed by atoms with Crippen LogP contribution >= 0.6 is 0 Å². The smallest absolute Gasteiger partial charge is 0.189 e. The van der Waals surface area contributed by atoms with Gasteiger partial charge in [-0.25, -0.2) is 8.60 Å². The predicted molar refractivity (Wildman–Crippen MR) is 53.9 cm³/mol. The van der Waals surface area contributed by atoms with Gasteiger partial charge in [0, 0.05) is 0 Å². The summed E-state index contributed by atoms with van der Waals surface area (Å²) < 4.78 is 27.9. The summed E-state index contributed by atoms with van der Waals surface area (Å²) in [5.74, 6) is 0. The molecule has 1 unspecified atom stereocenters.